The largest absolute Gasteiger partial charge is 0.360 e. The van der Waals surface area contributed by atoms with Crippen molar-refractivity contribution in [3.63, 3.8) is 0 Å². The number of aliphatic imine (C=N–C) groups is 1. The molecule has 3 aromatic rings. The second-order valence-electron chi connectivity index (χ2n) is 6.69. The number of para-hydroxylation sites is 1. The molecule has 0 radical (unpaired) electrons. The minimum Gasteiger partial charge on any atom is -0.360 e. The van der Waals surface area contributed by atoms with E-state index in [0.29, 0.717) is 6.54 Å². The summed E-state index contributed by atoms with van der Waals surface area (Å²) in [5.41, 5.74) is 2.32. The topological polar surface area (TPSA) is 48.7 Å². The lowest BCUT2D eigenvalue weighted by Crippen LogP contribution is -2.52. The molecule has 6 nitrogen and oxygen atoms in total. The third kappa shape index (κ3) is 4.20. The van der Waals surface area contributed by atoms with E-state index in [1.165, 1.54) is 10.6 Å². The van der Waals surface area contributed by atoms with Crippen LogP contribution < -0.4 is 10.2 Å². The molecule has 0 unspecified atom stereocenters. The van der Waals surface area contributed by atoms with Crippen molar-refractivity contribution in [2.75, 3.05) is 37.6 Å². The summed E-state index contributed by atoms with van der Waals surface area (Å²) < 4.78 is 2.04. The van der Waals surface area contributed by atoms with Gasteiger partial charge in [-0.25, -0.2) is 9.98 Å². The first-order valence-corrected chi connectivity index (χ1v) is 10.6. The molecule has 0 atom stereocenters. The van der Waals surface area contributed by atoms with Crippen LogP contribution in [-0.4, -0.2) is 53.1 Å². The number of nitrogens with zero attached hydrogens (tertiary/aromatic N) is 5. The second kappa shape index (κ2) is 8.93. The van der Waals surface area contributed by atoms with Crippen LogP contribution in [0.25, 0.3) is 5.69 Å². The van der Waals surface area contributed by atoms with Crippen molar-refractivity contribution in [1.82, 2.24) is 19.8 Å². The average Bonchev–Trinajstić information content (AvgIpc) is 3.46. The molecular weight excluding hydrogens is 368 g/mol. The number of thiophene rings is 1. The summed E-state index contributed by atoms with van der Waals surface area (Å²) in [7, 11) is 0. The molecule has 0 aliphatic carbocycles. The molecule has 4 rings (SSSR count). The molecule has 0 bridgehead atoms. The molecule has 7 heteroatoms. The van der Waals surface area contributed by atoms with Crippen LogP contribution in [0.2, 0.25) is 0 Å². The van der Waals surface area contributed by atoms with Crippen LogP contribution in [0.5, 0.6) is 0 Å². The van der Waals surface area contributed by atoms with E-state index in [2.05, 4.69) is 68.8 Å². The minimum atomic E-state index is 0.641. The number of piperazine rings is 1. The quantitative estimate of drug-likeness (QED) is 0.533. The molecule has 1 saturated heterocycles. The summed E-state index contributed by atoms with van der Waals surface area (Å²) in [6.45, 7) is 7.64. The number of benzene rings is 1. The highest BCUT2D eigenvalue weighted by Crippen LogP contribution is 2.22. The monoisotopic (exact) mass is 394 g/mol. The Balaban J connectivity index is 1.46. The fourth-order valence-electron chi connectivity index (χ4n) is 3.47. The number of anilines is 1. The van der Waals surface area contributed by atoms with Crippen molar-refractivity contribution >= 4 is 22.3 Å². The molecule has 0 amide bonds. The maximum absolute atomic E-state index is 4.95. The first kappa shape index (κ1) is 18.6. The van der Waals surface area contributed by atoms with Gasteiger partial charge in [0.1, 0.15) is 0 Å². The molecule has 0 spiro atoms. The van der Waals surface area contributed by atoms with Crippen molar-refractivity contribution in [2.45, 2.75) is 13.5 Å². The van der Waals surface area contributed by atoms with Crippen LogP contribution in [0.4, 0.5) is 5.00 Å². The van der Waals surface area contributed by atoms with Gasteiger partial charge in [-0.05, 0) is 36.1 Å². The average molecular weight is 395 g/mol. The lowest BCUT2D eigenvalue weighted by molar-refractivity contribution is 0.373. The van der Waals surface area contributed by atoms with Gasteiger partial charge in [-0.3, -0.25) is 0 Å². The Morgan fingerprint density at radius 3 is 2.71 bits per heavy atom. The molecule has 1 aromatic carbocycles. The van der Waals surface area contributed by atoms with Gasteiger partial charge in [0.15, 0.2) is 5.96 Å². The number of imidazole rings is 1. The molecule has 1 fully saturated rings. The van der Waals surface area contributed by atoms with Gasteiger partial charge in [0.25, 0.3) is 0 Å². The minimum absolute atomic E-state index is 0.641. The molecule has 1 aliphatic heterocycles. The number of hydrogen-bond acceptors (Lipinski definition) is 4. The molecule has 0 saturated carbocycles. The summed E-state index contributed by atoms with van der Waals surface area (Å²) >= 11 is 1.81. The van der Waals surface area contributed by atoms with Gasteiger partial charge in [0.2, 0.25) is 0 Å². The number of guanidine groups is 1. The fourth-order valence-corrected chi connectivity index (χ4v) is 4.26. The number of aromatic nitrogens is 2. The fraction of sp³-hybridized carbons (Fsp3) is 0.333. The Hall–Kier alpha value is -2.80. The summed E-state index contributed by atoms with van der Waals surface area (Å²) in [6.07, 6.45) is 5.60. The van der Waals surface area contributed by atoms with Gasteiger partial charge in [0.05, 0.1) is 23.6 Å². The molecular formula is C21H26N6S. The van der Waals surface area contributed by atoms with Crippen LogP contribution in [0.3, 0.4) is 0 Å². The van der Waals surface area contributed by atoms with E-state index in [1.54, 1.807) is 6.20 Å². The van der Waals surface area contributed by atoms with Crippen LogP contribution in [0.1, 0.15) is 12.5 Å². The smallest absolute Gasteiger partial charge is 0.194 e. The molecule has 146 valence electrons. The highest BCUT2D eigenvalue weighted by molar-refractivity contribution is 7.14. The zero-order chi connectivity index (χ0) is 19.2. The van der Waals surface area contributed by atoms with Gasteiger partial charge < -0.3 is 19.7 Å². The van der Waals surface area contributed by atoms with Crippen LogP contribution in [-0.2, 0) is 6.54 Å². The third-order valence-corrected chi connectivity index (χ3v) is 5.83. The van der Waals surface area contributed by atoms with Gasteiger partial charge in [0, 0.05) is 45.1 Å². The van der Waals surface area contributed by atoms with E-state index in [1.807, 2.05) is 28.4 Å². The van der Waals surface area contributed by atoms with Crippen molar-refractivity contribution in [3.05, 3.63) is 66.1 Å². The van der Waals surface area contributed by atoms with Gasteiger partial charge >= 0.3 is 0 Å². The third-order valence-electron chi connectivity index (χ3n) is 4.91. The standard InChI is InChI=1S/C21H26N6S/c1-2-23-21(26-13-11-25(12-14-26)20-8-5-15-28-20)24-16-18-6-3-4-7-19(18)27-10-9-22-17-27/h3-10,15,17H,2,11-14,16H2,1H3,(H,23,24). The van der Waals surface area contributed by atoms with E-state index < -0.39 is 0 Å². The normalized spacial score (nSPS) is 15.1. The molecule has 28 heavy (non-hydrogen) atoms. The Kier molecular flexibility index (Phi) is 5.92. The molecule has 2 aromatic heterocycles. The van der Waals surface area contributed by atoms with E-state index in [9.17, 15) is 0 Å². The zero-order valence-corrected chi connectivity index (χ0v) is 17.0. The van der Waals surface area contributed by atoms with Crippen molar-refractivity contribution in [1.29, 1.82) is 0 Å². The Bertz CT molecular complexity index is 880. The second-order valence-corrected chi connectivity index (χ2v) is 7.62. The van der Waals surface area contributed by atoms with Crippen LogP contribution in [0.15, 0.2) is 65.5 Å². The maximum atomic E-state index is 4.95. The van der Waals surface area contributed by atoms with Crippen LogP contribution >= 0.6 is 11.3 Å². The zero-order valence-electron chi connectivity index (χ0n) is 16.2. The predicted octanol–water partition coefficient (Wildman–Crippen LogP) is 3.22. The molecule has 3 heterocycles. The number of rotatable bonds is 5. The Morgan fingerprint density at radius 1 is 1.14 bits per heavy atom. The van der Waals surface area contributed by atoms with E-state index in [4.69, 9.17) is 4.99 Å². The first-order valence-electron chi connectivity index (χ1n) is 9.73. The predicted molar refractivity (Wildman–Crippen MR) is 116 cm³/mol. The summed E-state index contributed by atoms with van der Waals surface area (Å²) in [4.78, 5) is 13.9. The molecule has 1 aliphatic rings. The highest BCUT2D eigenvalue weighted by atomic mass is 32.1. The van der Waals surface area contributed by atoms with Gasteiger partial charge in [-0.1, -0.05) is 18.2 Å². The first-order chi connectivity index (χ1) is 13.8. The van der Waals surface area contributed by atoms with E-state index >= 15 is 0 Å². The SMILES string of the molecule is CCNC(=NCc1ccccc1-n1ccnc1)N1CCN(c2cccs2)CC1. The van der Waals surface area contributed by atoms with E-state index in [0.717, 1.165) is 44.4 Å². The summed E-state index contributed by atoms with van der Waals surface area (Å²) in [5, 5.41) is 6.97. The summed E-state index contributed by atoms with van der Waals surface area (Å²) in [5.74, 6) is 0.994. The van der Waals surface area contributed by atoms with Gasteiger partial charge in [-0.2, -0.15) is 0 Å². The summed E-state index contributed by atoms with van der Waals surface area (Å²) in [6, 6.07) is 12.7. The van der Waals surface area contributed by atoms with Gasteiger partial charge in [-0.15, -0.1) is 11.3 Å². The van der Waals surface area contributed by atoms with Crippen molar-refractivity contribution in [3.8, 4) is 5.69 Å². The number of nitrogens with one attached hydrogen (secondary N) is 1. The highest BCUT2D eigenvalue weighted by Gasteiger charge is 2.20. The Labute approximate surface area is 170 Å². The van der Waals surface area contributed by atoms with E-state index in [-0.39, 0.29) is 0 Å². The van der Waals surface area contributed by atoms with Crippen molar-refractivity contribution < 1.29 is 0 Å². The maximum Gasteiger partial charge on any atom is 0.194 e. The lowest BCUT2D eigenvalue weighted by Gasteiger charge is -2.37. The van der Waals surface area contributed by atoms with Crippen molar-refractivity contribution in [2.24, 2.45) is 4.99 Å². The lowest BCUT2D eigenvalue weighted by atomic mass is 10.2. The Morgan fingerprint density at radius 2 is 2.00 bits per heavy atom. The number of hydrogen-bond donors (Lipinski definition) is 1. The van der Waals surface area contributed by atoms with Crippen LogP contribution in [0, 0.1) is 0 Å². The molecule has 1 N–H and O–H groups in total.